The van der Waals surface area contributed by atoms with Crippen LogP contribution in [-0.4, -0.2) is 63.3 Å². The number of aliphatic imine (C=N–C) groups is 1. The third kappa shape index (κ3) is 7.67. The topological polar surface area (TPSA) is 48.9 Å². The standard InChI is InChI=1S/C16H34N4O/c1-4-20-12-8-6-10-15(20)14-19-16(17-3)18-11-7-9-13-21-5-2/h15H,4-14H2,1-3H3,(H2,17,18,19). The summed E-state index contributed by atoms with van der Waals surface area (Å²) in [5.41, 5.74) is 0. The molecule has 1 aliphatic rings. The van der Waals surface area contributed by atoms with Crippen LogP contribution in [0.25, 0.3) is 0 Å². The van der Waals surface area contributed by atoms with E-state index in [-0.39, 0.29) is 0 Å². The minimum absolute atomic E-state index is 0.653. The largest absolute Gasteiger partial charge is 0.382 e. The first-order valence-corrected chi connectivity index (χ1v) is 8.58. The third-order valence-corrected chi connectivity index (χ3v) is 4.10. The molecule has 0 spiro atoms. The van der Waals surface area contributed by atoms with Gasteiger partial charge in [0.25, 0.3) is 0 Å². The molecule has 5 nitrogen and oxygen atoms in total. The van der Waals surface area contributed by atoms with Crippen LogP contribution in [0.5, 0.6) is 0 Å². The molecular formula is C16H34N4O. The minimum Gasteiger partial charge on any atom is -0.382 e. The minimum atomic E-state index is 0.653. The molecule has 1 heterocycles. The monoisotopic (exact) mass is 298 g/mol. The van der Waals surface area contributed by atoms with Gasteiger partial charge in [0.15, 0.2) is 5.96 Å². The molecule has 0 bridgehead atoms. The van der Waals surface area contributed by atoms with Crippen molar-refractivity contribution < 1.29 is 4.74 Å². The highest BCUT2D eigenvalue weighted by atomic mass is 16.5. The van der Waals surface area contributed by atoms with Crippen LogP contribution in [-0.2, 0) is 4.74 Å². The number of likely N-dealkylation sites (tertiary alicyclic amines) is 1. The maximum absolute atomic E-state index is 5.34. The normalized spacial score (nSPS) is 20.5. The van der Waals surface area contributed by atoms with Gasteiger partial charge in [0.1, 0.15) is 0 Å². The molecule has 0 aromatic carbocycles. The summed E-state index contributed by atoms with van der Waals surface area (Å²) in [6, 6.07) is 0.653. The van der Waals surface area contributed by atoms with Gasteiger partial charge < -0.3 is 15.4 Å². The smallest absolute Gasteiger partial charge is 0.191 e. The van der Waals surface area contributed by atoms with E-state index in [1.807, 2.05) is 14.0 Å². The van der Waals surface area contributed by atoms with Crippen molar-refractivity contribution in [2.45, 2.75) is 52.0 Å². The van der Waals surface area contributed by atoms with Crippen LogP contribution in [0.3, 0.4) is 0 Å². The molecule has 1 aliphatic heterocycles. The zero-order chi connectivity index (χ0) is 15.3. The fraction of sp³-hybridized carbons (Fsp3) is 0.938. The van der Waals surface area contributed by atoms with Gasteiger partial charge in [0.2, 0.25) is 0 Å². The van der Waals surface area contributed by atoms with Gasteiger partial charge >= 0.3 is 0 Å². The van der Waals surface area contributed by atoms with Crippen molar-refractivity contribution in [3.05, 3.63) is 0 Å². The fourth-order valence-electron chi connectivity index (χ4n) is 2.82. The quantitative estimate of drug-likeness (QED) is 0.387. The van der Waals surface area contributed by atoms with E-state index in [0.29, 0.717) is 6.04 Å². The highest BCUT2D eigenvalue weighted by Crippen LogP contribution is 2.15. The summed E-state index contributed by atoms with van der Waals surface area (Å²) in [6.07, 6.45) is 6.21. The first-order valence-electron chi connectivity index (χ1n) is 8.58. The number of hydrogen-bond acceptors (Lipinski definition) is 3. The van der Waals surface area contributed by atoms with Gasteiger partial charge in [-0.3, -0.25) is 9.89 Å². The second-order valence-electron chi connectivity index (χ2n) is 5.56. The molecule has 0 aromatic rings. The summed E-state index contributed by atoms with van der Waals surface area (Å²) >= 11 is 0. The average molecular weight is 298 g/mol. The molecule has 21 heavy (non-hydrogen) atoms. The van der Waals surface area contributed by atoms with Crippen LogP contribution in [0, 0.1) is 0 Å². The van der Waals surface area contributed by atoms with Crippen LogP contribution < -0.4 is 10.6 Å². The summed E-state index contributed by atoms with van der Waals surface area (Å²) in [4.78, 5) is 6.88. The number of rotatable bonds is 9. The Hall–Kier alpha value is -0.810. The molecule has 5 heteroatoms. The summed E-state index contributed by atoms with van der Waals surface area (Å²) in [5, 5.41) is 6.86. The van der Waals surface area contributed by atoms with Crippen LogP contribution >= 0.6 is 0 Å². The number of unbranched alkanes of at least 4 members (excludes halogenated alkanes) is 1. The van der Waals surface area contributed by atoms with Gasteiger partial charge in [0, 0.05) is 39.4 Å². The van der Waals surface area contributed by atoms with Crippen molar-refractivity contribution in [1.29, 1.82) is 0 Å². The summed E-state index contributed by atoms with van der Waals surface area (Å²) in [7, 11) is 1.84. The molecular weight excluding hydrogens is 264 g/mol. The van der Waals surface area contributed by atoms with Crippen molar-refractivity contribution in [1.82, 2.24) is 15.5 Å². The molecule has 1 fully saturated rings. The van der Waals surface area contributed by atoms with Crippen LogP contribution in [0.1, 0.15) is 46.0 Å². The maximum atomic E-state index is 5.34. The highest BCUT2D eigenvalue weighted by molar-refractivity contribution is 5.79. The Morgan fingerprint density at radius 2 is 2.10 bits per heavy atom. The van der Waals surface area contributed by atoms with Gasteiger partial charge in [-0.25, -0.2) is 0 Å². The molecule has 1 rings (SSSR count). The molecule has 0 amide bonds. The van der Waals surface area contributed by atoms with E-state index in [1.54, 1.807) is 0 Å². The lowest BCUT2D eigenvalue weighted by Crippen LogP contribution is -2.49. The van der Waals surface area contributed by atoms with Crippen molar-refractivity contribution in [2.75, 3.05) is 46.4 Å². The van der Waals surface area contributed by atoms with Crippen LogP contribution in [0.2, 0.25) is 0 Å². The van der Waals surface area contributed by atoms with E-state index in [2.05, 4.69) is 27.4 Å². The van der Waals surface area contributed by atoms with E-state index < -0.39 is 0 Å². The predicted molar refractivity (Wildman–Crippen MR) is 90.0 cm³/mol. The number of ether oxygens (including phenoxy) is 1. The Morgan fingerprint density at radius 3 is 2.81 bits per heavy atom. The van der Waals surface area contributed by atoms with Gasteiger partial charge in [-0.1, -0.05) is 13.3 Å². The third-order valence-electron chi connectivity index (χ3n) is 4.10. The number of likely N-dealkylation sites (N-methyl/N-ethyl adjacent to an activating group) is 1. The lowest BCUT2D eigenvalue weighted by Gasteiger charge is -2.35. The van der Waals surface area contributed by atoms with Crippen molar-refractivity contribution in [3.8, 4) is 0 Å². The Morgan fingerprint density at radius 1 is 1.24 bits per heavy atom. The molecule has 1 unspecified atom stereocenters. The fourth-order valence-corrected chi connectivity index (χ4v) is 2.82. The molecule has 0 aliphatic carbocycles. The van der Waals surface area contributed by atoms with Crippen molar-refractivity contribution in [2.24, 2.45) is 4.99 Å². The van der Waals surface area contributed by atoms with Crippen molar-refractivity contribution >= 4 is 5.96 Å². The zero-order valence-corrected chi connectivity index (χ0v) is 14.2. The van der Waals surface area contributed by atoms with Gasteiger partial charge in [-0.05, 0) is 45.7 Å². The van der Waals surface area contributed by atoms with Gasteiger partial charge in [0.05, 0.1) is 0 Å². The zero-order valence-electron chi connectivity index (χ0n) is 14.2. The molecule has 2 N–H and O–H groups in total. The summed E-state index contributed by atoms with van der Waals surface area (Å²) < 4.78 is 5.34. The van der Waals surface area contributed by atoms with Gasteiger partial charge in [-0.15, -0.1) is 0 Å². The highest BCUT2D eigenvalue weighted by Gasteiger charge is 2.20. The van der Waals surface area contributed by atoms with Crippen molar-refractivity contribution in [3.63, 3.8) is 0 Å². The number of nitrogens with zero attached hydrogens (tertiary/aromatic N) is 2. The predicted octanol–water partition coefficient (Wildman–Crippen LogP) is 1.84. The van der Waals surface area contributed by atoms with E-state index in [4.69, 9.17) is 4.74 Å². The Bertz CT molecular complexity index is 283. The second-order valence-corrected chi connectivity index (χ2v) is 5.56. The lowest BCUT2D eigenvalue weighted by atomic mass is 10.0. The summed E-state index contributed by atoms with van der Waals surface area (Å²) in [6.45, 7) is 10.3. The number of nitrogens with one attached hydrogen (secondary N) is 2. The molecule has 124 valence electrons. The molecule has 0 aromatic heterocycles. The average Bonchev–Trinajstić information content (AvgIpc) is 2.53. The Balaban J connectivity index is 2.15. The molecule has 0 saturated carbocycles. The molecule has 0 radical (unpaired) electrons. The molecule has 1 saturated heterocycles. The maximum Gasteiger partial charge on any atom is 0.191 e. The first kappa shape index (κ1) is 18.2. The second kappa shape index (κ2) is 11.8. The first-order chi connectivity index (χ1) is 10.3. The lowest BCUT2D eigenvalue weighted by molar-refractivity contribution is 0.143. The Kier molecular flexibility index (Phi) is 10.3. The Labute approximate surface area is 130 Å². The number of hydrogen-bond donors (Lipinski definition) is 2. The van der Waals surface area contributed by atoms with Crippen LogP contribution in [0.15, 0.2) is 4.99 Å². The van der Waals surface area contributed by atoms with Gasteiger partial charge in [-0.2, -0.15) is 0 Å². The SMILES string of the molecule is CCOCCCCNC(=NC)NCC1CCCCN1CC. The molecule has 1 atom stereocenters. The number of piperidine rings is 1. The van der Waals surface area contributed by atoms with E-state index in [1.165, 1.54) is 25.8 Å². The van der Waals surface area contributed by atoms with E-state index in [9.17, 15) is 0 Å². The summed E-state index contributed by atoms with van der Waals surface area (Å²) in [5.74, 6) is 0.924. The number of guanidine groups is 1. The van der Waals surface area contributed by atoms with E-state index >= 15 is 0 Å². The van der Waals surface area contributed by atoms with Crippen LogP contribution in [0.4, 0.5) is 0 Å². The van der Waals surface area contributed by atoms with E-state index in [0.717, 1.165) is 51.6 Å².